The van der Waals surface area contributed by atoms with E-state index in [1.165, 1.54) is 6.92 Å². The lowest BCUT2D eigenvalue weighted by Crippen LogP contribution is -2.40. The molecule has 7 atom stereocenters. The first-order chi connectivity index (χ1) is 16.1. The molecule has 35 heavy (non-hydrogen) atoms. The zero-order valence-corrected chi connectivity index (χ0v) is 22.4. The van der Waals surface area contributed by atoms with Gasteiger partial charge in [0.25, 0.3) is 0 Å². The Hall–Kier alpha value is -1.30. The van der Waals surface area contributed by atoms with Crippen molar-refractivity contribution in [1.82, 2.24) is 9.97 Å². The van der Waals surface area contributed by atoms with Gasteiger partial charge in [-0.1, -0.05) is 26.1 Å². The number of ether oxygens (including phenoxy) is 1. The number of hydrogen-bond acceptors (Lipinski definition) is 8. The fraction of sp³-hybridized carbons (Fsp3) is 0.652. The Morgan fingerprint density at radius 3 is 2.43 bits per heavy atom. The highest BCUT2D eigenvalue weighted by Gasteiger charge is 2.50. The number of nitrogens with zero attached hydrogens (tertiary/aromatic N) is 1. The standard InChI is InChI=1S/C23H34FN2O7PS/c1-7-22(5,33-34(30,31)23(6,29)8-2)10-15-16(27)17(28)18(32-15)14-9-13-11(3)12(4)19(24)25-20(13)26-21(14)35/h9,15-18,27-29H,7-8,10H2,1-6H3,(H,30,31)(H,25,26,35)/t15-,16?,17+,18+,22?,23?/m1/s1. The molecule has 196 valence electrons. The van der Waals surface area contributed by atoms with Gasteiger partial charge in [-0.2, -0.15) is 4.39 Å². The Labute approximate surface area is 209 Å². The molecular formula is C23H34FN2O7PS. The molecule has 9 nitrogen and oxygen atoms in total. The zero-order valence-electron chi connectivity index (χ0n) is 20.7. The summed E-state index contributed by atoms with van der Waals surface area (Å²) < 4.78 is 38.6. The summed E-state index contributed by atoms with van der Waals surface area (Å²) in [6.45, 7) is 9.50. The predicted molar refractivity (Wildman–Crippen MR) is 130 cm³/mol. The van der Waals surface area contributed by atoms with Crippen molar-refractivity contribution in [2.75, 3.05) is 0 Å². The van der Waals surface area contributed by atoms with E-state index < -0.39 is 48.9 Å². The summed E-state index contributed by atoms with van der Waals surface area (Å²) in [5, 5.41) is 30.0. The van der Waals surface area contributed by atoms with Crippen LogP contribution in [0.2, 0.25) is 0 Å². The summed E-state index contributed by atoms with van der Waals surface area (Å²) in [5.74, 6) is -0.253. The minimum absolute atomic E-state index is 0.000701. The molecule has 0 radical (unpaired) electrons. The molecule has 5 N–H and O–H groups in total. The second-order valence-corrected chi connectivity index (χ2v) is 12.3. The number of aromatic nitrogens is 2. The van der Waals surface area contributed by atoms with Crippen LogP contribution in [0, 0.1) is 24.4 Å². The average Bonchev–Trinajstić information content (AvgIpc) is 3.04. The third kappa shape index (κ3) is 5.24. The molecule has 3 aliphatic heterocycles. The van der Waals surface area contributed by atoms with Gasteiger partial charge in [-0.05, 0) is 52.2 Å². The maximum absolute atomic E-state index is 14.1. The molecule has 1 fully saturated rings. The molecule has 3 rings (SSSR count). The maximum atomic E-state index is 14.1. The van der Waals surface area contributed by atoms with Crippen molar-refractivity contribution in [3.05, 3.63) is 33.3 Å². The van der Waals surface area contributed by atoms with E-state index in [-0.39, 0.29) is 29.7 Å². The van der Waals surface area contributed by atoms with Gasteiger partial charge in [0.2, 0.25) is 0 Å². The summed E-state index contributed by atoms with van der Waals surface area (Å²) in [6.07, 6.45) is -4.44. The van der Waals surface area contributed by atoms with E-state index in [0.717, 1.165) is 0 Å². The lowest BCUT2D eigenvalue weighted by Gasteiger charge is -2.37. The van der Waals surface area contributed by atoms with Gasteiger partial charge in [0.15, 0.2) is 11.3 Å². The van der Waals surface area contributed by atoms with Gasteiger partial charge >= 0.3 is 7.60 Å². The van der Waals surface area contributed by atoms with Gasteiger partial charge in [-0.25, -0.2) is 4.98 Å². The number of halogens is 1. The molecule has 0 aromatic heterocycles. The fourth-order valence-electron chi connectivity index (χ4n) is 4.10. The van der Waals surface area contributed by atoms with Crippen LogP contribution in [0.5, 0.6) is 0 Å². The molecule has 4 unspecified atom stereocenters. The van der Waals surface area contributed by atoms with Crippen LogP contribution in [0.15, 0.2) is 6.07 Å². The van der Waals surface area contributed by atoms with Crippen LogP contribution < -0.4 is 0 Å². The van der Waals surface area contributed by atoms with Gasteiger partial charge in [-0.3, -0.25) is 4.57 Å². The topological polar surface area (TPSA) is 145 Å². The first-order valence-electron chi connectivity index (χ1n) is 11.5. The normalized spacial score (nSPS) is 28.0. The van der Waals surface area contributed by atoms with E-state index >= 15 is 0 Å². The number of hydrogen-bond donors (Lipinski definition) is 5. The predicted octanol–water partition coefficient (Wildman–Crippen LogP) is 4.04. The lowest BCUT2D eigenvalue weighted by atomic mass is 9.92. The average molecular weight is 533 g/mol. The fourth-order valence-corrected chi connectivity index (χ4v) is 5.77. The summed E-state index contributed by atoms with van der Waals surface area (Å²) in [7, 11) is -4.45. The van der Waals surface area contributed by atoms with E-state index in [1.54, 1.807) is 40.7 Å². The van der Waals surface area contributed by atoms with E-state index in [4.69, 9.17) is 21.5 Å². The number of nitrogens with one attached hydrogen (secondary N) is 1. The summed E-state index contributed by atoms with van der Waals surface area (Å²) in [5.41, 5.74) is 0.789. The minimum Gasteiger partial charge on any atom is -0.388 e. The van der Waals surface area contributed by atoms with Crippen molar-refractivity contribution in [2.24, 2.45) is 0 Å². The number of pyridine rings is 2. The largest absolute Gasteiger partial charge is 0.388 e. The molecule has 0 saturated carbocycles. The van der Waals surface area contributed by atoms with Crippen LogP contribution >= 0.6 is 19.8 Å². The Balaban J connectivity index is 1.92. The van der Waals surface area contributed by atoms with Crippen molar-refractivity contribution in [2.45, 2.75) is 96.2 Å². The highest BCUT2D eigenvalue weighted by atomic mass is 32.1. The van der Waals surface area contributed by atoms with Crippen LogP contribution in [-0.4, -0.2) is 59.4 Å². The Morgan fingerprint density at radius 2 is 1.86 bits per heavy atom. The summed E-state index contributed by atoms with van der Waals surface area (Å²) >= 11 is 5.38. The Kier molecular flexibility index (Phi) is 7.97. The number of aliphatic hydroxyl groups is 3. The molecule has 3 heterocycles. The summed E-state index contributed by atoms with van der Waals surface area (Å²) in [4.78, 5) is 17.3. The number of aromatic amines is 1. The number of rotatable bonds is 8. The molecule has 1 saturated heterocycles. The number of aliphatic hydroxyl groups excluding tert-OH is 2. The van der Waals surface area contributed by atoms with E-state index in [2.05, 4.69) is 9.97 Å². The van der Waals surface area contributed by atoms with E-state index in [1.807, 2.05) is 0 Å². The molecule has 12 heteroatoms. The van der Waals surface area contributed by atoms with Crippen molar-refractivity contribution in [3.63, 3.8) is 0 Å². The molecule has 0 aromatic rings. The SMILES string of the molecule is CCC(C)(C[C@H]1O[C@@H](c2cc3c(C)c(C)c(F)[nH]c-3nc2=S)[C@@H](O)C1O)OP(=O)(O)C(C)(O)CC. The molecule has 0 aliphatic carbocycles. The van der Waals surface area contributed by atoms with Crippen LogP contribution in [0.25, 0.3) is 11.4 Å². The zero-order chi connectivity index (χ0) is 26.5. The van der Waals surface area contributed by atoms with Crippen molar-refractivity contribution < 1.29 is 38.4 Å². The van der Waals surface area contributed by atoms with E-state index in [9.17, 15) is 29.2 Å². The van der Waals surface area contributed by atoms with Crippen molar-refractivity contribution in [1.29, 1.82) is 0 Å². The smallest absolute Gasteiger partial charge is 0.359 e. The first-order valence-corrected chi connectivity index (χ1v) is 13.5. The third-order valence-corrected chi connectivity index (χ3v) is 9.76. The molecular weight excluding hydrogens is 498 g/mol. The monoisotopic (exact) mass is 532 g/mol. The van der Waals surface area contributed by atoms with Gasteiger partial charge < -0.3 is 34.5 Å². The highest BCUT2D eigenvalue weighted by molar-refractivity contribution is 7.71. The maximum Gasteiger partial charge on any atom is 0.359 e. The third-order valence-electron chi connectivity index (χ3n) is 7.21. The molecule has 0 bridgehead atoms. The van der Waals surface area contributed by atoms with Crippen LogP contribution in [-0.2, 0) is 13.8 Å². The highest BCUT2D eigenvalue weighted by Crippen LogP contribution is 2.59. The number of H-pyrrole nitrogens is 1. The molecule has 0 spiro atoms. The molecule has 3 aliphatic rings. The minimum atomic E-state index is -4.45. The van der Waals surface area contributed by atoms with Crippen LogP contribution in [0.1, 0.15) is 69.8 Å². The first kappa shape index (κ1) is 28.3. The van der Waals surface area contributed by atoms with Crippen LogP contribution in [0.4, 0.5) is 4.39 Å². The van der Waals surface area contributed by atoms with Gasteiger partial charge in [0, 0.05) is 23.1 Å². The van der Waals surface area contributed by atoms with Crippen LogP contribution in [0.3, 0.4) is 0 Å². The van der Waals surface area contributed by atoms with E-state index in [0.29, 0.717) is 22.3 Å². The number of fused-ring (bicyclic) bond motifs is 1. The Morgan fingerprint density at radius 1 is 1.23 bits per heavy atom. The second-order valence-electron chi connectivity index (χ2n) is 9.73. The van der Waals surface area contributed by atoms with Crippen molar-refractivity contribution >= 4 is 19.8 Å². The molecule has 0 aromatic carbocycles. The summed E-state index contributed by atoms with van der Waals surface area (Å²) in [6, 6.07) is 1.67. The lowest BCUT2D eigenvalue weighted by molar-refractivity contribution is -0.0532. The molecule has 0 amide bonds. The Bertz CT molecular complexity index is 1180. The van der Waals surface area contributed by atoms with Gasteiger partial charge in [0.1, 0.15) is 28.8 Å². The van der Waals surface area contributed by atoms with Gasteiger partial charge in [0.05, 0.1) is 11.7 Å². The van der Waals surface area contributed by atoms with Crippen molar-refractivity contribution in [3.8, 4) is 11.4 Å². The van der Waals surface area contributed by atoms with Gasteiger partial charge in [-0.15, -0.1) is 0 Å². The second kappa shape index (κ2) is 9.87. The quantitative estimate of drug-likeness (QED) is 0.193.